The second kappa shape index (κ2) is 5.01. The molecular weight excluding hydrogens is 269 g/mol. The van der Waals surface area contributed by atoms with Crippen molar-refractivity contribution < 1.29 is 9.50 Å². The Morgan fingerprint density at radius 1 is 1.32 bits per heavy atom. The van der Waals surface area contributed by atoms with Gasteiger partial charge in [-0.05, 0) is 13.0 Å². The first-order valence-electron chi connectivity index (χ1n) is 5.59. The van der Waals surface area contributed by atoms with Crippen molar-refractivity contribution in [1.82, 2.24) is 9.97 Å². The maximum atomic E-state index is 13.8. The molecule has 0 amide bonds. The van der Waals surface area contributed by atoms with Crippen LogP contribution in [0.2, 0.25) is 5.02 Å². The van der Waals surface area contributed by atoms with Gasteiger partial charge in [0.15, 0.2) is 5.82 Å². The Balaban J connectivity index is 2.59. The van der Waals surface area contributed by atoms with E-state index in [1.165, 1.54) is 6.07 Å². The summed E-state index contributed by atoms with van der Waals surface area (Å²) in [6, 6.07) is 2.27. The number of anilines is 1. The summed E-state index contributed by atoms with van der Waals surface area (Å²) in [4.78, 5) is 10.2. The number of rotatable bonds is 2. The van der Waals surface area contributed by atoms with Crippen LogP contribution in [0.4, 0.5) is 10.2 Å². The summed E-state index contributed by atoms with van der Waals surface area (Å²) in [5, 5.41) is 9.40. The SMILES string of the molecule is Cc1cnc(-c2cc(Cl)c(O)cc2F)nc1N(C)C. The molecule has 19 heavy (non-hydrogen) atoms. The maximum Gasteiger partial charge on any atom is 0.164 e. The van der Waals surface area contributed by atoms with Crippen LogP contribution in [0.5, 0.6) is 5.75 Å². The minimum Gasteiger partial charge on any atom is -0.506 e. The molecule has 2 rings (SSSR count). The lowest BCUT2D eigenvalue weighted by atomic mass is 10.2. The number of hydrogen-bond donors (Lipinski definition) is 1. The zero-order chi connectivity index (χ0) is 14.2. The Kier molecular flexibility index (Phi) is 3.57. The van der Waals surface area contributed by atoms with Gasteiger partial charge in [0.1, 0.15) is 17.4 Å². The van der Waals surface area contributed by atoms with Gasteiger partial charge in [-0.3, -0.25) is 0 Å². The van der Waals surface area contributed by atoms with E-state index >= 15 is 0 Å². The summed E-state index contributed by atoms with van der Waals surface area (Å²) >= 11 is 5.79. The Morgan fingerprint density at radius 2 is 2.00 bits per heavy atom. The van der Waals surface area contributed by atoms with E-state index in [1.807, 2.05) is 25.9 Å². The molecule has 1 aromatic carbocycles. The van der Waals surface area contributed by atoms with Crippen LogP contribution >= 0.6 is 11.6 Å². The molecule has 0 aliphatic carbocycles. The molecule has 0 aliphatic rings. The highest BCUT2D eigenvalue weighted by atomic mass is 35.5. The lowest BCUT2D eigenvalue weighted by Gasteiger charge is -2.15. The van der Waals surface area contributed by atoms with Gasteiger partial charge in [-0.15, -0.1) is 0 Å². The number of aromatic hydroxyl groups is 1. The van der Waals surface area contributed by atoms with E-state index in [-0.39, 0.29) is 22.2 Å². The average Bonchev–Trinajstić information content (AvgIpc) is 2.34. The third-order valence-electron chi connectivity index (χ3n) is 2.65. The van der Waals surface area contributed by atoms with E-state index in [0.717, 1.165) is 11.6 Å². The third-order valence-corrected chi connectivity index (χ3v) is 2.95. The van der Waals surface area contributed by atoms with Crippen molar-refractivity contribution in [3.8, 4) is 17.1 Å². The highest BCUT2D eigenvalue weighted by Gasteiger charge is 2.14. The number of aryl methyl sites for hydroxylation is 1. The number of nitrogens with zero attached hydrogens (tertiary/aromatic N) is 3. The molecule has 0 fully saturated rings. The third kappa shape index (κ3) is 2.61. The van der Waals surface area contributed by atoms with Crippen LogP contribution in [-0.4, -0.2) is 29.2 Å². The van der Waals surface area contributed by atoms with E-state index in [1.54, 1.807) is 6.20 Å². The summed E-state index contributed by atoms with van der Waals surface area (Å²) in [5.74, 6) is 0.0145. The summed E-state index contributed by atoms with van der Waals surface area (Å²) in [6.45, 7) is 1.87. The van der Waals surface area contributed by atoms with E-state index < -0.39 is 5.82 Å². The molecule has 0 radical (unpaired) electrons. The van der Waals surface area contributed by atoms with Gasteiger partial charge in [-0.2, -0.15) is 0 Å². The van der Waals surface area contributed by atoms with E-state index in [0.29, 0.717) is 5.82 Å². The molecule has 100 valence electrons. The molecule has 0 saturated carbocycles. The van der Waals surface area contributed by atoms with Crippen LogP contribution in [-0.2, 0) is 0 Å². The van der Waals surface area contributed by atoms with E-state index in [4.69, 9.17) is 11.6 Å². The van der Waals surface area contributed by atoms with E-state index in [2.05, 4.69) is 9.97 Å². The second-order valence-corrected chi connectivity index (χ2v) is 4.79. The van der Waals surface area contributed by atoms with Crippen LogP contribution < -0.4 is 4.90 Å². The first-order valence-corrected chi connectivity index (χ1v) is 5.97. The lowest BCUT2D eigenvalue weighted by Crippen LogP contribution is -2.13. The standard InChI is InChI=1S/C13H13ClFN3O/c1-7-6-16-12(17-13(7)18(2)3)8-4-9(14)11(19)5-10(8)15/h4-6,19H,1-3H3. The number of halogens is 2. The molecule has 0 spiro atoms. The number of hydrogen-bond acceptors (Lipinski definition) is 4. The Bertz CT molecular complexity index is 632. The van der Waals surface area contributed by atoms with Crippen molar-refractivity contribution in [3.63, 3.8) is 0 Å². The minimum absolute atomic E-state index is 0.0620. The normalized spacial score (nSPS) is 10.6. The molecule has 2 aromatic rings. The smallest absolute Gasteiger partial charge is 0.164 e. The Morgan fingerprint density at radius 3 is 2.63 bits per heavy atom. The van der Waals surface area contributed by atoms with Gasteiger partial charge in [-0.1, -0.05) is 11.6 Å². The largest absolute Gasteiger partial charge is 0.506 e. The number of aromatic nitrogens is 2. The predicted molar refractivity (Wildman–Crippen MR) is 73.2 cm³/mol. The minimum atomic E-state index is -0.615. The van der Waals surface area contributed by atoms with E-state index in [9.17, 15) is 9.50 Å². The van der Waals surface area contributed by atoms with Crippen molar-refractivity contribution >= 4 is 17.4 Å². The molecule has 1 heterocycles. The first-order chi connectivity index (χ1) is 8.90. The molecule has 0 unspecified atom stereocenters. The first kappa shape index (κ1) is 13.5. The van der Waals surface area contributed by atoms with Crippen molar-refractivity contribution in [2.45, 2.75) is 6.92 Å². The molecule has 6 heteroatoms. The van der Waals surface area contributed by atoms with Crippen LogP contribution in [0.25, 0.3) is 11.4 Å². The van der Waals surface area contributed by atoms with Crippen LogP contribution in [0.15, 0.2) is 18.3 Å². The fourth-order valence-corrected chi connectivity index (χ4v) is 1.89. The van der Waals surface area contributed by atoms with Gasteiger partial charge in [0, 0.05) is 31.9 Å². The highest BCUT2D eigenvalue weighted by molar-refractivity contribution is 6.32. The van der Waals surface area contributed by atoms with Crippen molar-refractivity contribution in [1.29, 1.82) is 0 Å². The maximum absolute atomic E-state index is 13.8. The van der Waals surface area contributed by atoms with Gasteiger partial charge < -0.3 is 10.0 Å². The number of phenolic OH excluding ortho intramolecular Hbond substituents is 1. The molecule has 1 aromatic heterocycles. The molecule has 0 aliphatic heterocycles. The highest BCUT2D eigenvalue weighted by Crippen LogP contribution is 2.31. The van der Waals surface area contributed by atoms with Gasteiger partial charge in [-0.25, -0.2) is 14.4 Å². The topological polar surface area (TPSA) is 49.3 Å². The number of benzene rings is 1. The average molecular weight is 282 g/mol. The second-order valence-electron chi connectivity index (χ2n) is 4.38. The van der Waals surface area contributed by atoms with Gasteiger partial charge in [0.2, 0.25) is 0 Å². The lowest BCUT2D eigenvalue weighted by molar-refractivity contribution is 0.469. The molecule has 0 atom stereocenters. The molecule has 0 saturated heterocycles. The van der Waals surface area contributed by atoms with Crippen molar-refractivity contribution in [2.75, 3.05) is 19.0 Å². The monoisotopic (exact) mass is 281 g/mol. The van der Waals surface area contributed by atoms with Crippen LogP contribution in [0, 0.1) is 12.7 Å². The molecular formula is C13H13ClFN3O. The number of phenols is 1. The van der Waals surface area contributed by atoms with Crippen molar-refractivity contribution in [3.05, 3.63) is 34.7 Å². The van der Waals surface area contributed by atoms with Crippen LogP contribution in [0.3, 0.4) is 0 Å². The molecule has 4 nitrogen and oxygen atoms in total. The van der Waals surface area contributed by atoms with Gasteiger partial charge in [0.05, 0.1) is 10.6 Å². The quantitative estimate of drug-likeness (QED) is 0.919. The van der Waals surface area contributed by atoms with Crippen LogP contribution in [0.1, 0.15) is 5.56 Å². The summed E-state index contributed by atoms with van der Waals surface area (Å²) < 4.78 is 13.8. The fourth-order valence-electron chi connectivity index (χ4n) is 1.72. The molecule has 1 N–H and O–H groups in total. The summed E-state index contributed by atoms with van der Waals surface area (Å²) in [7, 11) is 3.69. The molecule has 0 bridgehead atoms. The van der Waals surface area contributed by atoms with Gasteiger partial charge >= 0.3 is 0 Å². The predicted octanol–water partition coefficient (Wildman–Crippen LogP) is 3.02. The Labute approximate surface area is 115 Å². The Hall–Kier alpha value is -1.88. The fraction of sp³-hybridized carbons (Fsp3) is 0.231. The summed E-state index contributed by atoms with van der Waals surface area (Å²) in [5.41, 5.74) is 1.05. The van der Waals surface area contributed by atoms with Crippen molar-refractivity contribution in [2.24, 2.45) is 0 Å². The van der Waals surface area contributed by atoms with Gasteiger partial charge in [0.25, 0.3) is 0 Å². The zero-order valence-corrected chi connectivity index (χ0v) is 11.5. The zero-order valence-electron chi connectivity index (χ0n) is 10.8. The summed E-state index contributed by atoms with van der Waals surface area (Å²) in [6.07, 6.45) is 1.62.